The first-order valence-electron chi connectivity index (χ1n) is 6.70. The molecule has 2 nitrogen and oxygen atoms in total. The maximum atomic E-state index is 3.60. The maximum absolute atomic E-state index is 3.60. The molecular formula is C13H26N2. The molecule has 0 radical (unpaired) electrons. The first kappa shape index (κ1) is 11.4. The Morgan fingerprint density at radius 2 is 1.73 bits per heavy atom. The van der Waals surface area contributed by atoms with Crippen molar-refractivity contribution >= 4 is 0 Å². The topological polar surface area (TPSA) is 24.1 Å². The molecule has 0 aromatic heterocycles. The number of nitrogens with one attached hydrogen (secondary N) is 2. The van der Waals surface area contributed by atoms with Gasteiger partial charge < -0.3 is 10.6 Å². The van der Waals surface area contributed by atoms with E-state index in [0.29, 0.717) is 5.41 Å². The molecule has 2 N–H and O–H groups in total. The summed E-state index contributed by atoms with van der Waals surface area (Å²) in [6.07, 6.45) is 8.65. The Morgan fingerprint density at radius 1 is 1.07 bits per heavy atom. The second-order valence-corrected chi connectivity index (χ2v) is 5.84. The van der Waals surface area contributed by atoms with Crippen LogP contribution in [0.4, 0.5) is 0 Å². The lowest BCUT2D eigenvalue weighted by Gasteiger charge is -2.23. The Bertz CT molecular complexity index is 181. The van der Waals surface area contributed by atoms with Crippen LogP contribution in [0.1, 0.15) is 45.4 Å². The summed E-state index contributed by atoms with van der Waals surface area (Å²) in [5.74, 6) is 1.01. The first-order chi connectivity index (χ1) is 7.29. The quantitative estimate of drug-likeness (QED) is 0.629. The van der Waals surface area contributed by atoms with Crippen LogP contribution in [0, 0.1) is 11.3 Å². The highest BCUT2D eigenvalue weighted by Gasteiger charge is 2.27. The van der Waals surface area contributed by atoms with Gasteiger partial charge >= 0.3 is 0 Å². The third-order valence-electron chi connectivity index (χ3n) is 3.97. The van der Waals surface area contributed by atoms with E-state index in [1.807, 2.05) is 0 Å². The van der Waals surface area contributed by atoms with Gasteiger partial charge in [0.15, 0.2) is 0 Å². The van der Waals surface area contributed by atoms with Crippen LogP contribution < -0.4 is 10.6 Å². The molecule has 2 fully saturated rings. The molecule has 0 amide bonds. The molecule has 0 atom stereocenters. The van der Waals surface area contributed by atoms with Crippen molar-refractivity contribution < 1.29 is 0 Å². The zero-order valence-electron chi connectivity index (χ0n) is 10.1. The molecule has 2 aliphatic rings. The molecule has 0 aromatic carbocycles. The van der Waals surface area contributed by atoms with Crippen molar-refractivity contribution in [2.45, 2.75) is 45.4 Å². The molecule has 88 valence electrons. The van der Waals surface area contributed by atoms with Gasteiger partial charge in [0.25, 0.3) is 0 Å². The summed E-state index contributed by atoms with van der Waals surface area (Å²) in [7, 11) is 0. The lowest BCUT2D eigenvalue weighted by Crippen LogP contribution is -2.34. The van der Waals surface area contributed by atoms with Crippen molar-refractivity contribution in [3.8, 4) is 0 Å². The van der Waals surface area contributed by atoms with Gasteiger partial charge in [-0.2, -0.15) is 0 Å². The van der Waals surface area contributed by atoms with Gasteiger partial charge in [0, 0.05) is 19.6 Å². The van der Waals surface area contributed by atoms with Crippen molar-refractivity contribution in [2.75, 3.05) is 26.2 Å². The SMILES string of the molecule is CC1(CNCCNCC2CC2)CCCC1. The molecule has 0 heterocycles. The van der Waals surface area contributed by atoms with Crippen LogP contribution in [0.25, 0.3) is 0 Å². The summed E-state index contributed by atoms with van der Waals surface area (Å²) in [6, 6.07) is 0. The summed E-state index contributed by atoms with van der Waals surface area (Å²) >= 11 is 0. The Kier molecular flexibility index (Phi) is 4.04. The smallest absolute Gasteiger partial charge is 0.00769 e. The Labute approximate surface area is 94.2 Å². The van der Waals surface area contributed by atoms with Crippen LogP contribution in [0.15, 0.2) is 0 Å². The predicted octanol–water partition coefficient (Wildman–Crippen LogP) is 2.16. The van der Waals surface area contributed by atoms with Crippen LogP contribution in [-0.2, 0) is 0 Å². The minimum atomic E-state index is 0.608. The van der Waals surface area contributed by atoms with Gasteiger partial charge in [-0.1, -0.05) is 19.8 Å². The lowest BCUT2D eigenvalue weighted by molar-refractivity contribution is 0.315. The molecule has 2 aliphatic carbocycles. The molecular weight excluding hydrogens is 184 g/mol. The summed E-state index contributed by atoms with van der Waals surface area (Å²) in [6.45, 7) is 7.19. The second kappa shape index (κ2) is 5.31. The van der Waals surface area contributed by atoms with Gasteiger partial charge in [-0.15, -0.1) is 0 Å². The van der Waals surface area contributed by atoms with Crippen LogP contribution in [0.3, 0.4) is 0 Å². The van der Waals surface area contributed by atoms with Crippen molar-refractivity contribution in [3.63, 3.8) is 0 Å². The number of hydrogen-bond donors (Lipinski definition) is 2. The van der Waals surface area contributed by atoms with Crippen molar-refractivity contribution in [2.24, 2.45) is 11.3 Å². The van der Waals surface area contributed by atoms with E-state index in [1.54, 1.807) is 0 Å². The fourth-order valence-electron chi connectivity index (χ4n) is 2.60. The van der Waals surface area contributed by atoms with Crippen molar-refractivity contribution in [3.05, 3.63) is 0 Å². The van der Waals surface area contributed by atoms with Gasteiger partial charge in [-0.25, -0.2) is 0 Å². The molecule has 2 heteroatoms. The normalized spacial score (nSPS) is 24.6. The highest BCUT2D eigenvalue weighted by atomic mass is 14.9. The molecule has 0 bridgehead atoms. The largest absolute Gasteiger partial charge is 0.315 e. The summed E-state index contributed by atoms with van der Waals surface area (Å²) < 4.78 is 0. The third-order valence-corrected chi connectivity index (χ3v) is 3.97. The van der Waals surface area contributed by atoms with Gasteiger partial charge in [0.05, 0.1) is 0 Å². The van der Waals surface area contributed by atoms with Gasteiger partial charge in [0.1, 0.15) is 0 Å². The number of rotatable bonds is 7. The van der Waals surface area contributed by atoms with Crippen LogP contribution in [0.2, 0.25) is 0 Å². The Hall–Kier alpha value is -0.0800. The zero-order valence-corrected chi connectivity index (χ0v) is 10.1. The van der Waals surface area contributed by atoms with Crippen LogP contribution in [-0.4, -0.2) is 26.2 Å². The molecule has 0 aromatic rings. The fraction of sp³-hybridized carbons (Fsp3) is 1.00. The molecule has 0 saturated heterocycles. The zero-order chi connectivity index (χ0) is 10.6. The van der Waals surface area contributed by atoms with Crippen molar-refractivity contribution in [1.29, 1.82) is 0 Å². The highest BCUT2D eigenvalue weighted by molar-refractivity contribution is 4.82. The Morgan fingerprint density at radius 3 is 2.40 bits per heavy atom. The maximum Gasteiger partial charge on any atom is 0.00769 e. The van der Waals surface area contributed by atoms with Crippen LogP contribution in [0.5, 0.6) is 0 Å². The van der Waals surface area contributed by atoms with Crippen molar-refractivity contribution in [1.82, 2.24) is 10.6 Å². The summed E-state index contributed by atoms with van der Waals surface area (Å²) in [4.78, 5) is 0. The minimum Gasteiger partial charge on any atom is -0.315 e. The highest BCUT2D eigenvalue weighted by Crippen LogP contribution is 2.36. The molecule has 2 saturated carbocycles. The van der Waals surface area contributed by atoms with E-state index in [4.69, 9.17) is 0 Å². The average molecular weight is 210 g/mol. The van der Waals surface area contributed by atoms with Gasteiger partial charge in [-0.05, 0) is 43.6 Å². The summed E-state index contributed by atoms with van der Waals surface area (Å²) in [5, 5.41) is 7.12. The summed E-state index contributed by atoms with van der Waals surface area (Å²) in [5.41, 5.74) is 0.608. The third kappa shape index (κ3) is 4.12. The first-order valence-corrected chi connectivity index (χ1v) is 6.70. The van der Waals surface area contributed by atoms with Gasteiger partial charge in [-0.3, -0.25) is 0 Å². The standard InChI is InChI=1S/C13H26N2/c1-13(6-2-3-7-13)11-15-9-8-14-10-12-4-5-12/h12,14-15H,2-11H2,1H3. The van der Waals surface area contributed by atoms with Gasteiger partial charge in [0.2, 0.25) is 0 Å². The van der Waals surface area contributed by atoms with E-state index in [1.165, 1.54) is 51.6 Å². The van der Waals surface area contributed by atoms with E-state index in [2.05, 4.69) is 17.6 Å². The number of hydrogen-bond acceptors (Lipinski definition) is 2. The molecule has 0 unspecified atom stereocenters. The van der Waals surface area contributed by atoms with E-state index in [-0.39, 0.29) is 0 Å². The Balaban J connectivity index is 1.43. The molecule has 2 rings (SSSR count). The molecule has 0 aliphatic heterocycles. The van der Waals surface area contributed by atoms with Crippen LogP contribution >= 0.6 is 0 Å². The van der Waals surface area contributed by atoms with E-state index >= 15 is 0 Å². The molecule has 15 heavy (non-hydrogen) atoms. The predicted molar refractivity (Wildman–Crippen MR) is 65.0 cm³/mol. The monoisotopic (exact) mass is 210 g/mol. The van der Waals surface area contributed by atoms with E-state index < -0.39 is 0 Å². The van der Waals surface area contributed by atoms with E-state index in [9.17, 15) is 0 Å². The lowest BCUT2D eigenvalue weighted by atomic mass is 9.89. The average Bonchev–Trinajstić information content (AvgIpc) is 2.95. The minimum absolute atomic E-state index is 0.608. The van der Waals surface area contributed by atoms with E-state index in [0.717, 1.165) is 19.0 Å². The fourth-order valence-corrected chi connectivity index (χ4v) is 2.60. The second-order valence-electron chi connectivity index (χ2n) is 5.84. The molecule has 0 spiro atoms.